The Labute approximate surface area is 148 Å². The van der Waals surface area contributed by atoms with Crippen LogP contribution in [0.2, 0.25) is 0 Å². The lowest BCUT2D eigenvalue weighted by molar-refractivity contribution is 0.0488. The van der Waals surface area contributed by atoms with E-state index in [-0.39, 0.29) is 12.0 Å². The summed E-state index contributed by atoms with van der Waals surface area (Å²) >= 11 is 0. The summed E-state index contributed by atoms with van der Waals surface area (Å²) in [6, 6.07) is 11.7. The number of aromatic nitrogens is 1. The molecule has 1 saturated carbocycles. The summed E-state index contributed by atoms with van der Waals surface area (Å²) < 4.78 is 2.03. The third-order valence-corrected chi connectivity index (χ3v) is 5.29. The van der Waals surface area contributed by atoms with Crippen molar-refractivity contribution in [2.24, 2.45) is 5.92 Å². The summed E-state index contributed by atoms with van der Waals surface area (Å²) in [7, 11) is 0. The molecule has 0 spiro atoms. The second-order valence-corrected chi connectivity index (χ2v) is 7.13. The summed E-state index contributed by atoms with van der Waals surface area (Å²) in [5.74, 6) is 0.611. The topological polar surface area (TPSA) is 48.7 Å². The van der Waals surface area contributed by atoms with E-state index in [2.05, 4.69) is 4.90 Å². The maximum Gasteiger partial charge on any atom is 0.253 e. The van der Waals surface area contributed by atoms with Crippen LogP contribution in [0.25, 0.3) is 5.69 Å². The lowest BCUT2D eigenvalue weighted by atomic mass is 10.1. The van der Waals surface area contributed by atoms with Gasteiger partial charge in [0.2, 0.25) is 0 Å². The average Bonchev–Trinajstić information content (AvgIpc) is 3.37. The molecule has 5 heteroatoms. The highest BCUT2D eigenvalue weighted by Gasteiger charge is 2.32. The molecular weight excluding hydrogens is 314 g/mol. The highest BCUT2D eigenvalue weighted by molar-refractivity contribution is 5.94. The molecule has 25 heavy (non-hydrogen) atoms. The van der Waals surface area contributed by atoms with Gasteiger partial charge in [0.25, 0.3) is 5.91 Å². The van der Waals surface area contributed by atoms with Crippen molar-refractivity contribution >= 4 is 5.91 Å². The van der Waals surface area contributed by atoms with Gasteiger partial charge in [-0.1, -0.05) is 0 Å². The highest BCUT2D eigenvalue weighted by Crippen LogP contribution is 2.32. The summed E-state index contributed by atoms with van der Waals surface area (Å²) in [5.41, 5.74) is 1.79. The summed E-state index contributed by atoms with van der Waals surface area (Å²) in [6.45, 7) is 3.90. The number of amides is 1. The number of nitrogens with zero attached hydrogens (tertiary/aromatic N) is 3. The van der Waals surface area contributed by atoms with Crippen molar-refractivity contribution in [3.63, 3.8) is 0 Å². The fraction of sp³-hybridized carbons (Fsp3) is 0.450. The van der Waals surface area contributed by atoms with E-state index >= 15 is 0 Å². The first-order valence-corrected chi connectivity index (χ1v) is 9.14. The minimum atomic E-state index is -0.191. The Morgan fingerprint density at radius 3 is 2.28 bits per heavy atom. The summed E-state index contributed by atoms with van der Waals surface area (Å²) in [6.07, 6.45) is 6.12. The van der Waals surface area contributed by atoms with Crippen LogP contribution in [-0.2, 0) is 0 Å². The van der Waals surface area contributed by atoms with Crippen molar-refractivity contribution in [2.75, 3.05) is 32.7 Å². The van der Waals surface area contributed by atoms with Crippen LogP contribution in [0.1, 0.15) is 23.2 Å². The number of carbonyl (C=O) groups is 1. The first-order chi connectivity index (χ1) is 12.2. The van der Waals surface area contributed by atoms with Gasteiger partial charge in [-0.3, -0.25) is 9.69 Å². The Morgan fingerprint density at radius 2 is 1.68 bits per heavy atom. The van der Waals surface area contributed by atoms with Crippen molar-refractivity contribution in [2.45, 2.75) is 18.9 Å². The monoisotopic (exact) mass is 339 g/mol. The number of aliphatic hydroxyl groups excluding tert-OH is 1. The van der Waals surface area contributed by atoms with Crippen molar-refractivity contribution in [1.82, 2.24) is 14.4 Å². The predicted octanol–water partition coefficient (Wildman–Crippen LogP) is 2.01. The first-order valence-electron chi connectivity index (χ1n) is 9.14. The van der Waals surface area contributed by atoms with E-state index in [0.29, 0.717) is 5.92 Å². The van der Waals surface area contributed by atoms with Crippen LogP contribution >= 0.6 is 0 Å². The summed E-state index contributed by atoms with van der Waals surface area (Å²) in [5, 5.41) is 10.1. The van der Waals surface area contributed by atoms with E-state index in [1.54, 1.807) is 0 Å². The third-order valence-electron chi connectivity index (χ3n) is 5.29. The smallest absolute Gasteiger partial charge is 0.253 e. The number of aliphatic hydroxyl groups is 1. The largest absolute Gasteiger partial charge is 0.392 e. The molecule has 4 rings (SSSR count). The van der Waals surface area contributed by atoms with Crippen molar-refractivity contribution < 1.29 is 9.90 Å². The number of piperazine rings is 1. The van der Waals surface area contributed by atoms with Crippen LogP contribution in [0, 0.1) is 5.92 Å². The standard InChI is InChI=1S/C20H25N3O2/c24-19(16-3-4-16)15-21-11-13-23(14-12-21)20(25)17-5-7-18(8-6-17)22-9-1-2-10-22/h1-2,5-10,16,19,24H,3-4,11-15H2/t19-/m0/s1. The van der Waals surface area contributed by atoms with Gasteiger partial charge in [-0.05, 0) is 55.2 Å². The molecule has 2 aromatic rings. The van der Waals surface area contributed by atoms with E-state index in [1.165, 1.54) is 12.8 Å². The lowest BCUT2D eigenvalue weighted by Crippen LogP contribution is -2.50. The number of hydrogen-bond acceptors (Lipinski definition) is 3. The van der Waals surface area contributed by atoms with Gasteiger partial charge in [0.1, 0.15) is 0 Å². The van der Waals surface area contributed by atoms with Crippen molar-refractivity contribution in [1.29, 1.82) is 0 Å². The Morgan fingerprint density at radius 1 is 1.04 bits per heavy atom. The van der Waals surface area contributed by atoms with Gasteiger partial charge in [0.05, 0.1) is 6.10 Å². The van der Waals surface area contributed by atoms with Gasteiger partial charge in [-0.2, -0.15) is 0 Å². The number of hydrogen-bond donors (Lipinski definition) is 1. The average molecular weight is 339 g/mol. The molecule has 1 aliphatic heterocycles. The van der Waals surface area contributed by atoms with E-state index < -0.39 is 0 Å². The van der Waals surface area contributed by atoms with Crippen LogP contribution in [0.4, 0.5) is 0 Å². The predicted molar refractivity (Wildman–Crippen MR) is 96.8 cm³/mol. The Kier molecular flexibility index (Phi) is 4.59. The third kappa shape index (κ3) is 3.78. The second-order valence-electron chi connectivity index (χ2n) is 7.13. The molecule has 1 aromatic carbocycles. The van der Waals surface area contributed by atoms with Gasteiger partial charge in [0, 0.05) is 56.4 Å². The zero-order chi connectivity index (χ0) is 17.2. The van der Waals surface area contributed by atoms with Gasteiger partial charge >= 0.3 is 0 Å². The molecule has 5 nitrogen and oxygen atoms in total. The molecule has 0 radical (unpaired) electrons. The number of benzene rings is 1. The molecule has 1 aliphatic carbocycles. The SMILES string of the molecule is O=C(c1ccc(-n2cccc2)cc1)N1CCN(C[C@H](O)C2CC2)CC1. The van der Waals surface area contributed by atoms with Gasteiger partial charge in [-0.25, -0.2) is 0 Å². The second kappa shape index (κ2) is 7.02. The summed E-state index contributed by atoms with van der Waals surface area (Å²) in [4.78, 5) is 16.9. The van der Waals surface area contributed by atoms with E-state index in [4.69, 9.17) is 0 Å². The van der Waals surface area contributed by atoms with Crippen LogP contribution in [0.5, 0.6) is 0 Å². The van der Waals surface area contributed by atoms with Crippen LogP contribution in [-0.4, -0.2) is 64.2 Å². The molecule has 0 bridgehead atoms. The van der Waals surface area contributed by atoms with Crippen LogP contribution in [0.3, 0.4) is 0 Å². The first kappa shape index (κ1) is 16.4. The Bertz CT molecular complexity index is 699. The maximum absolute atomic E-state index is 12.7. The molecular formula is C20H25N3O2. The number of β-amino-alcohol motifs (C(OH)–C–C–N with tert-alkyl or cyclic N) is 1. The molecule has 1 amide bonds. The molecule has 2 aliphatic rings. The molecule has 0 unspecified atom stereocenters. The minimum absolute atomic E-state index is 0.0986. The number of carbonyl (C=O) groups excluding carboxylic acids is 1. The fourth-order valence-electron chi connectivity index (χ4n) is 3.49. The molecule has 1 saturated heterocycles. The molecule has 1 atom stereocenters. The Balaban J connectivity index is 1.32. The zero-order valence-corrected chi connectivity index (χ0v) is 14.4. The molecule has 1 aromatic heterocycles. The van der Waals surface area contributed by atoms with Gasteiger partial charge in [0.15, 0.2) is 0 Å². The molecule has 2 fully saturated rings. The normalized spacial score (nSPS) is 19.8. The fourth-order valence-corrected chi connectivity index (χ4v) is 3.49. The maximum atomic E-state index is 12.7. The molecule has 2 heterocycles. The lowest BCUT2D eigenvalue weighted by Gasteiger charge is -2.35. The minimum Gasteiger partial charge on any atom is -0.392 e. The van der Waals surface area contributed by atoms with E-state index in [0.717, 1.165) is 44.0 Å². The molecule has 1 N–H and O–H groups in total. The van der Waals surface area contributed by atoms with Gasteiger partial charge < -0.3 is 14.6 Å². The van der Waals surface area contributed by atoms with Crippen LogP contribution < -0.4 is 0 Å². The van der Waals surface area contributed by atoms with Crippen LogP contribution in [0.15, 0.2) is 48.8 Å². The molecule has 132 valence electrons. The zero-order valence-electron chi connectivity index (χ0n) is 14.4. The van der Waals surface area contributed by atoms with Crippen molar-refractivity contribution in [3.8, 4) is 5.69 Å². The van der Waals surface area contributed by atoms with E-state index in [9.17, 15) is 9.90 Å². The quantitative estimate of drug-likeness (QED) is 0.906. The number of rotatable bonds is 5. The highest BCUT2D eigenvalue weighted by atomic mass is 16.3. The van der Waals surface area contributed by atoms with Gasteiger partial charge in [-0.15, -0.1) is 0 Å². The van der Waals surface area contributed by atoms with Crippen molar-refractivity contribution in [3.05, 3.63) is 54.4 Å². The van der Waals surface area contributed by atoms with E-state index in [1.807, 2.05) is 58.3 Å². The Hall–Kier alpha value is -2.11.